The first-order chi connectivity index (χ1) is 12.3. The summed E-state index contributed by atoms with van der Waals surface area (Å²) in [6.07, 6.45) is 7.38. The van der Waals surface area contributed by atoms with Crippen LogP contribution in [0.1, 0.15) is 42.5 Å². The van der Waals surface area contributed by atoms with Gasteiger partial charge in [-0.3, -0.25) is 4.79 Å². The zero-order chi connectivity index (χ0) is 17.1. The summed E-state index contributed by atoms with van der Waals surface area (Å²) in [4.78, 5) is 21.7. The predicted molar refractivity (Wildman–Crippen MR) is 99.3 cm³/mol. The third-order valence-electron chi connectivity index (χ3n) is 4.91. The van der Waals surface area contributed by atoms with Crippen LogP contribution < -0.4 is 5.32 Å². The molecule has 126 valence electrons. The maximum Gasteiger partial charge on any atom is 0.252 e. The van der Waals surface area contributed by atoms with E-state index in [1.54, 1.807) is 6.33 Å². The summed E-state index contributed by atoms with van der Waals surface area (Å²) < 4.78 is 0. The van der Waals surface area contributed by atoms with Gasteiger partial charge in [0.2, 0.25) is 0 Å². The van der Waals surface area contributed by atoms with Crippen LogP contribution in [-0.2, 0) is 0 Å². The summed E-state index contributed by atoms with van der Waals surface area (Å²) in [5.41, 5.74) is 3.22. The van der Waals surface area contributed by atoms with Crippen LogP contribution in [0.5, 0.6) is 0 Å². The minimum absolute atomic E-state index is 0.00908. The number of hydrogen-bond donors (Lipinski definition) is 1. The molecule has 4 heteroatoms. The topological polar surface area (TPSA) is 54.9 Å². The minimum atomic E-state index is -0.00908. The Hall–Kier alpha value is -2.75. The highest BCUT2D eigenvalue weighted by Gasteiger charge is 2.20. The molecule has 1 N–H and O–H groups in total. The highest BCUT2D eigenvalue weighted by Crippen LogP contribution is 2.28. The van der Waals surface area contributed by atoms with E-state index >= 15 is 0 Å². The van der Waals surface area contributed by atoms with Crippen molar-refractivity contribution in [1.82, 2.24) is 15.3 Å². The molecule has 25 heavy (non-hydrogen) atoms. The Morgan fingerprint density at radius 1 is 0.920 bits per heavy atom. The lowest BCUT2D eigenvalue weighted by Crippen LogP contribution is -2.36. The molecule has 0 radical (unpaired) electrons. The molecule has 1 heterocycles. The smallest absolute Gasteiger partial charge is 0.252 e. The lowest BCUT2D eigenvalue weighted by Gasteiger charge is -2.23. The van der Waals surface area contributed by atoms with Crippen molar-refractivity contribution >= 4 is 16.8 Å². The quantitative estimate of drug-likeness (QED) is 0.776. The van der Waals surface area contributed by atoms with Gasteiger partial charge in [-0.25, -0.2) is 9.97 Å². The van der Waals surface area contributed by atoms with E-state index in [2.05, 4.69) is 15.3 Å². The fourth-order valence-electron chi connectivity index (χ4n) is 3.62. The number of benzene rings is 2. The molecule has 1 aliphatic rings. The monoisotopic (exact) mass is 331 g/mol. The molecular formula is C21H21N3O. The maximum atomic E-state index is 12.9. The molecule has 1 aromatic heterocycles. The van der Waals surface area contributed by atoms with E-state index in [0.29, 0.717) is 5.56 Å². The van der Waals surface area contributed by atoms with Crippen LogP contribution in [0.25, 0.3) is 22.2 Å². The standard InChI is InChI=1S/C21H21N3O/c25-21(24-15-8-2-1-3-9-15)17-11-5-4-10-16(17)20-18-12-6-7-13-19(18)22-14-23-20/h4-7,10-15H,1-3,8-9H2,(H,24,25). The van der Waals surface area contributed by atoms with Crippen molar-refractivity contribution < 1.29 is 4.79 Å². The fourth-order valence-corrected chi connectivity index (χ4v) is 3.62. The van der Waals surface area contributed by atoms with Crippen LogP contribution in [0.15, 0.2) is 54.9 Å². The lowest BCUT2D eigenvalue weighted by atomic mass is 9.94. The van der Waals surface area contributed by atoms with Gasteiger partial charge in [0.15, 0.2) is 0 Å². The Morgan fingerprint density at radius 2 is 1.68 bits per heavy atom. The van der Waals surface area contributed by atoms with Gasteiger partial charge < -0.3 is 5.32 Å². The lowest BCUT2D eigenvalue weighted by molar-refractivity contribution is 0.0928. The van der Waals surface area contributed by atoms with E-state index in [9.17, 15) is 4.79 Å². The average molecular weight is 331 g/mol. The highest BCUT2D eigenvalue weighted by atomic mass is 16.1. The first kappa shape index (κ1) is 15.8. The molecule has 0 unspecified atom stereocenters. The van der Waals surface area contributed by atoms with Gasteiger partial charge in [-0.05, 0) is 25.0 Å². The summed E-state index contributed by atoms with van der Waals surface area (Å²) in [7, 11) is 0. The van der Waals surface area contributed by atoms with Gasteiger partial charge in [0.1, 0.15) is 6.33 Å². The Kier molecular flexibility index (Phi) is 4.42. The number of fused-ring (bicyclic) bond motifs is 1. The number of carbonyl (C=O) groups is 1. The first-order valence-electron chi connectivity index (χ1n) is 8.93. The summed E-state index contributed by atoms with van der Waals surface area (Å²) in [5, 5.41) is 4.17. The van der Waals surface area contributed by atoms with Gasteiger partial charge in [0, 0.05) is 22.6 Å². The summed E-state index contributed by atoms with van der Waals surface area (Å²) in [6.45, 7) is 0. The van der Waals surface area contributed by atoms with Crippen LogP contribution >= 0.6 is 0 Å². The normalized spacial score (nSPS) is 15.2. The van der Waals surface area contributed by atoms with Gasteiger partial charge >= 0.3 is 0 Å². The number of aromatic nitrogens is 2. The Balaban J connectivity index is 1.72. The number of para-hydroxylation sites is 1. The van der Waals surface area contributed by atoms with Crippen molar-refractivity contribution in [3.05, 3.63) is 60.4 Å². The second kappa shape index (κ2) is 7.01. The molecule has 0 aliphatic heterocycles. The Bertz CT molecular complexity index is 895. The number of amides is 1. The molecule has 0 spiro atoms. The summed E-state index contributed by atoms with van der Waals surface area (Å²) >= 11 is 0. The molecule has 1 saturated carbocycles. The zero-order valence-electron chi connectivity index (χ0n) is 14.1. The second-order valence-corrected chi connectivity index (χ2v) is 6.59. The molecule has 1 fully saturated rings. The van der Waals surface area contributed by atoms with Gasteiger partial charge in [-0.1, -0.05) is 55.7 Å². The molecule has 4 rings (SSSR count). The van der Waals surface area contributed by atoms with Crippen LogP contribution in [0.4, 0.5) is 0 Å². The number of nitrogens with zero attached hydrogens (tertiary/aromatic N) is 2. The number of rotatable bonds is 3. The molecule has 0 saturated heterocycles. The van der Waals surface area contributed by atoms with E-state index in [-0.39, 0.29) is 11.9 Å². The van der Waals surface area contributed by atoms with E-state index in [4.69, 9.17) is 0 Å². The van der Waals surface area contributed by atoms with Gasteiger partial charge in [-0.15, -0.1) is 0 Å². The van der Waals surface area contributed by atoms with Crippen LogP contribution in [0.2, 0.25) is 0 Å². The highest BCUT2D eigenvalue weighted by molar-refractivity contribution is 6.04. The molecular weight excluding hydrogens is 310 g/mol. The molecule has 3 aromatic rings. The van der Waals surface area contributed by atoms with Crippen molar-refractivity contribution in [2.24, 2.45) is 0 Å². The van der Waals surface area contributed by atoms with E-state index in [1.165, 1.54) is 19.3 Å². The van der Waals surface area contributed by atoms with Crippen molar-refractivity contribution in [3.8, 4) is 11.3 Å². The Morgan fingerprint density at radius 3 is 2.56 bits per heavy atom. The van der Waals surface area contributed by atoms with Crippen LogP contribution in [-0.4, -0.2) is 21.9 Å². The summed E-state index contributed by atoms with van der Waals surface area (Å²) in [5.74, 6) is -0.00908. The van der Waals surface area contributed by atoms with Crippen LogP contribution in [0, 0.1) is 0 Å². The van der Waals surface area contributed by atoms with Gasteiger partial charge in [0.25, 0.3) is 5.91 Å². The van der Waals surface area contributed by atoms with Crippen molar-refractivity contribution in [1.29, 1.82) is 0 Å². The molecule has 1 amide bonds. The molecule has 2 aromatic carbocycles. The maximum absolute atomic E-state index is 12.9. The van der Waals surface area contributed by atoms with Gasteiger partial charge in [0.05, 0.1) is 11.2 Å². The second-order valence-electron chi connectivity index (χ2n) is 6.59. The van der Waals surface area contributed by atoms with E-state index in [0.717, 1.165) is 35.0 Å². The van der Waals surface area contributed by atoms with Crippen molar-refractivity contribution in [2.75, 3.05) is 0 Å². The van der Waals surface area contributed by atoms with E-state index in [1.807, 2.05) is 48.5 Å². The zero-order valence-corrected chi connectivity index (χ0v) is 14.1. The minimum Gasteiger partial charge on any atom is -0.349 e. The fraction of sp³-hybridized carbons (Fsp3) is 0.286. The number of hydrogen-bond acceptors (Lipinski definition) is 3. The number of carbonyl (C=O) groups excluding carboxylic acids is 1. The third-order valence-corrected chi connectivity index (χ3v) is 4.91. The Labute approximate surface area is 147 Å². The van der Waals surface area contributed by atoms with E-state index < -0.39 is 0 Å². The molecule has 0 bridgehead atoms. The first-order valence-corrected chi connectivity index (χ1v) is 8.93. The molecule has 4 nitrogen and oxygen atoms in total. The molecule has 1 aliphatic carbocycles. The average Bonchev–Trinajstić information content (AvgIpc) is 2.68. The molecule has 0 atom stereocenters. The SMILES string of the molecule is O=C(NC1CCCCC1)c1ccccc1-c1ncnc2ccccc12. The summed E-state index contributed by atoms with van der Waals surface area (Å²) in [6, 6.07) is 15.9. The van der Waals surface area contributed by atoms with Crippen LogP contribution in [0.3, 0.4) is 0 Å². The van der Waals surface area contributed by atoms with Crippen molar-refractivity contribution in [3.63, 3.8) is 0 Å². The largest absolute Gasteiger partial charge is 0.349 e. The van der Waals surface area contributed by atoms with Crippen molar-refractivity contribution in [2.45, 2.75) is 38.1 Å². The third kappa shape index (κ3) is 3.25. The van der Waals surface area contributed by atoms with Gasteiger partial charge in [-0.2, -0.15) is 0 Å². The predicted octanol–water partition coefficient (Wildman–Crippen LogP) is 4.36. The number of nitrogens with one attached hydrogen (secondary N) is 1.